The smallest absolute Gasteiger partial charge is 0.433 e. The van der Waals surface area contributed by atoms with Crippen molar-refractivity contribution >= 4 is 17.8 Å². The van der Waals surface area contributed by atoms with E-state index in [2.05, 4.69) is 5.32 Å². The lowest BCUT2D eigenvalue weighted by atomic mass is 10.2. The number of piperazine rings is 1. The molecule has 0 aromatic carbocycles. The quantitative estimate of drug-likeness (QED) is 0.569. The molecule has 1 aromatic rings. The Morgan fingerprint density at radius 3 is 2.84 bits per heavy atom. The predicted octanol–water partition coefficient (Wildman–Crippen LogP) is -0.314. The van der Waals surface area contributed by atoms with E-state index in [4.69, 9.17) is 9.52 Å². The SMILES string of the molecule is O=C(O)C1CNCCN1C(=O)c1ccc([N+](=O)[O-])o1. The van der Waals surface area contributed by atoms with E-state index in [1.807, 2.05) is 0 Å². The summed E-state index contributed by atoms with van der Waals surface area (Å²) < 4.78 is 4.78. The summed E-state index contributed by atoms with van der Waals surface area (Å²) in [6.07, 6.45) is 0. The van der Waals surface area contributed by atoms with Gasteiger partial charge in [0, 0.05) is 19.6 Å². The first-order chi connectivity index (χ1) is 9.00. The molecule has 1 saturated heterocycles. The van der Waals surface area contributed by atoms with Gasteiger partial charge in [0.2, 0.25) is 0 Å². The molecule has 9 heteroatoms. The van der Waals surface area contributed by atoms with E-state index in [-0.39, 0.29) is 18.8 Å². The number of carbonyl (C=O) groups excluding carboxylic acids is 1. The number of hydrogen-bond donors (Lipinski definition) is 2. The summed E-state index contributed by atoms with van der Waals surface area (Å²) in [5.74, 6) is -2.59. The van der Waals surface area contributed by atoms with E-state index in [0.717, 1.165) is 11.0 Å². The molecule has 102 valence electrons. The lowest BCUT2D eigenvalue weighted by Crippen LogP contribution is -2.56. The largest absolute Gasteiger partial charge is 0.480 e. The molecule has 1 aliphatic rings. The molecule has 0 saturated carbocycles. The van der Waals surface area contributed by atoms with Crippen molar-refractivity contribution < 1.29 is 24.0 Å². The lowest BCUT2D eigenvalue weighted by molar-refractivity contribution is -0.402. The van der Waals surface area contributed by atoms with Crippen LogP contribution in [0.5, 0.6) is 0 Å². The number of amides is 1. The van der Waals surface area contributed by atoms with Crippen molar-refractivity contribution in [2.75, 3.05) is 19.6 Å². The van der Waals surface area contributed by atoms with Gasteiger partial charge in [-0.25, -0.2) is 4.79 Å². The molecule has 2 rings (SSSR count). The third-order valence-electron chi connectivity index (χ3n) is 2.77. The maximum absolute atomic E-state index is 12.1. The summed E-state index contributed by atoms with van der Waals surface area (Å²) in [5.41, 5.74) is 0. The molecule has 1 atom stereocenters. The Bertz CT molecular complexity index is 525. The Kier molecular flexibility index (Phi) is 3.47. The minimum atomic E-state index is -1.14. The second-order valence-electron chi connectivity index (χ2n) is 3.95. The molecule has 19 heavy (non-hydrogen) atoms. The molecule has 1 fully saturated rings. The van der Waals surface area contributed by atoms with E-state index < -0.39 is 28.7 Å². The highest BCUT2D eigenvalue weighted by Gasteiger charge is 2.34. The summed E-state index contributed by atoms with van der Waals surface area (Å²) >= 11 is 0. The van der Waals surface area contributed by atoms with Crippen LogP contribution < -0.4 is 5.32 Å². The number of nitrogens with zero attached hydrogens (tertiary/aromatic N) is 2. The minimum absolute atomic E-state index is 0.129. The van der Waals surface area contributed by atoms with Crippen molar-refractivity contribution in [2.24, 2.45) is 0 Å². The molecule has 0 spiro atoms. The van der Waals surface area contributed by atoms with Crippen LogP contribution in [-0.4, -0.2) is 52.5 Å². The summed E-state index contributed by atoms with van der Waals surface area (Å²) in [4.78, 5) is 33.9. The average Bonchev–Trinajstić information content (AvgIpc) is 2.87. The number of nitro groups is 1. The molecule has 1 unspecified atom stereocenters. The van der Waals surface area contributed by atoms with E-state index in [1.165, 1.54) is 6.07 Å². The van der Waals surface area contributed by atoms with Crippen LogP contribution in [-0.2, 0) is 4.79 Å². The number of rotatable bonds is 3. The van der Waals surface area contributed by atoms with E-state index in [9.17, 15) is 19.7 Å². The lowest BCUT2D eigenvalue weighted by Gasteiger charge is -2.32. The fourth-order valence-electron chi connectivity index (χ4n) is 1.85. The Balaban J connectivity index is 2.21. The van der Waals surface area contributed by atoms with Crippen molar-refractivity contribution in [3.63, 3.8) is 0 Å². The topological polar surface area (TPSA) is 126 Å². The number of furan rings is 1. The average molecular weight is 269 g/mol. The van der Waals surface area contributed by atoms with Crippen LogP contribution in [0.15, 0.2) is 16.5 Å². The number of carboxylic acids is 1. The molecule has 1 amide bonds. The number of aliphatic carboxylic acids is 1. The summed E-state index contributed by atoms with van der Waals surface area (Å²) in [7, 11) is 0. The minimum Gasteiger partial charge on any atom is -0.480 e. The highest BCUT2D eigenvalue weighted by molar-refractivity contribution is 5.94. The van der Waals surface area contributed by atoms with Crippen molar-refractivity contribution in [1.29, 1.82) is 0 Å². The summed E-state index contributed by atoms with van der Waals surface area (Å²) in [5, 5.41) is 22.4. The molecule has 9 nitrogen and oxygen atoms in total. The molecule has 0 aliphatic carbocycles. The van der Waals surface area contributed by atoms with Crippen molar-refractivity contribution in [1.82, 2.24) is 10.2 Å². The Hall–Kier alpha value is -2.42. The first kappa shape index (κ1) is 13.0. The maximum Gasteiger partial charge on any atom is 0.433 e. The third kappa shape index (κ3) is 2.55. The molecular formula is C10H11N3O6. The number of carbonyl (C=O) groups is 2. The first-order valence-electron chi connectivity index (χ1n) is 5.49. The van der Waals surface area contributed by atoms with Gasteiger partial charge in [0.15, 0.2) is 5.76 Å². The molecule has 1 aromatic heterocycles. The van der Waals surface area contributed by atoms with E-state index >= 15 is 0 Å². The fourth-order valence-corrected chi connectivity index (χ4v) is 1.85. The van der Waals surface area contributed by atoms with Gasteiger partial charge in [0.1, 0.15) is 11.0 Å². The summed E-state index contributed by atoms with van der Waals surface area (Å²) in [6.45, 7) is 0.784. The van der Waals surface area contributed by atoms with Crippen LogP contribution in [0.25, 0.3) is 0 Å². The van der Waals surface area contributed by atoms with Gasteiger partial charge in [-0.3, -0.25) is 14.9 Å². The fraction of sp³-hybridized carbons (Fsp3) is 0.400. The van der Waals surface area contributed by atoms with Crippen LogP contribution in [0.3, 0.4) is 0 Å². The zero-order valence-corrected chi connectivity index (χ0v) is 9.74. The van der Waals surface area contributed by atoms with Crippen LogP contribution in [0.2, 0.25) is 0 Å². The molecule has 0 radical (unpaired) electrons. The number of carboxylic acid groups (broad SMARTS) is 1. The van der Waals surface area contributed by atoms with Gasteiger partial charge in [0.25, 0.3) is 5.91 Å². The Morgan fingerprint density at radius 1 is 1.53 bits per heavy atom. The van der Waals surface area contributed by atoms with Gasteiger partial charge in [-0.1, -0.05) is 0 Å². The standard InChI is InChI=1S/C10H11N3O6/c14-9(7-1-2-8(19-7)13(17)18)12-4-3-11-5-6(12)10(15)16/h1-2,6,11H,3-5H2,(H,15,16). The highest BCUT2D eigenvalue weighted by Crippen LogP contribution is 2.18. The van der Waals surface area contributed by atoms with E-state index in [0.29, 0.717) is 6.54 Å². The second kappa shape index (κ2) is 5.06. The van der Waals surface area contributed by atoms with Crippen molar-refractivity contribution in [3.05, 3.63) is 28.0 Å². The normalized spacial score (nSPS) is 19.2. The van der Waals surface area contributed by atoms with Gasteiger partial charge < -0.3 is 19.7 Å². The van der Waals surface area contributed by atoms with Crippen molar-refractivity contribution in [2.45, 2.75) is 6.04 Å². The zero-order valence-electron chi connectivity index (χ0n) is 9.74. The zero-order chi connectivity index (χ0) is 14.0. The molecule has 2 N–H and O–H groups in total. The molecule has 2 heterocycles. The number of nitrogens with one attached hydrogen (secondary N) is 1. The maximum atomic E-state index is 12.1. The van der Waals surface area contributed by atoms with Crippen LogP contribution in [0.4, 0.5) is 5.88 Å². The van der Waals surface area contributed by atoms with E-state index in [1.54, 1.807) is 0 Å². The van der Waals surface area contributed by atoms with Gasteiger partial charge in [-0.2, -0.15) is 0 Å². The molecule has 0 bridgehead atoms. The highest BCUT2D eigenvalue weighted by atomic mass is 16.6. The van der Waals surface area contributed by atoms with Gasteiger partial charge in [-0.05, 0) is 6.07 Å². The third-order valence-corrected chi connectivity index (χ3v) is 2.77. The first-order valence-corrected chi connectivity index (χ1v) is 5.49. The van der Waals surface area contributed by atoms with Gasteiger partial charge in [0.05, 0.1) is 6.07 Å². The summed E-state index contributed by atoms with van der Waals surface area (Å²) in [6, 6.07) is 1.22. The van der Waals surface area contributed by atoms with Gasteiger partial charge >= 0.3 is 11.9 Å². The van der Waals surface area contributed by atoms with Gasteiger partial charge in [-0.15, -0.1) is 0 Å². The molecule has 1 aliphatic heterocycles. The monoisotopic (exact) mass is 269 g/mol. The van der Waals surface area contributed by atoms with Crippen LogP contribution in [0.1, 0.15) is 10.6 Å². The number of hydrogen-bond acceptors (Lipinski definition) is 6. The predicted molar refractivity (Wildman–Crippen MR) is 60.7 cm³/mol. The Labute approximate surface area is 106 Å². The van der Waals surface area contributed by atoms with Crippen LogP contribution in [0, 0.1) is 10.1 Å². The van der Waals surface area contributed by atoms with Crippen LogP contribution >= 0.6 is 0 Å². The second-order valence-corrected chi connectivity index (χ2v) is 3.95. The molecular weight excluding hydrogens is 258 g/mol. The Morgan fingerprint density at radius 2 is 2.26 bits per heavy atom. The van der Waals surface area contributed by atoms with Crippen molar-refractivity contribution in [3.8, 4) is 0 Å².